The van der Waals surface area contributed by atoms with Crippen LogP contribution in [0.3, 0.4) is 0 Å². The first-order valence-electron chi connectivity index (χ1n) is 10.9. The van der Waals surface area contributed by atoms with Crippen LogP contribution in [0.25, 0.3) is 0 Å². The number of carbonyl (C=O) groups excluding carboxylic acids is 2. The van der Waals surface area contributed by atoms with Crippen molar-refractivity contribution >= 4 is 17.7 Å². The van der Waals surface area contributed by atoms with Gasteiger partial charge < -0.3 is 4.74 Å². The van der Waals surface area contributed by atoms with E-state index in [4.69, 9.17) is 4.74 Å². The Balaban J connectivity index is 1.29. The molecule has 0 saturated carbocycles. The molecular weight excluding hydrogens is 413 g/mol. The smallest absolute Gasteiger partial charge is 0.410 e. The second-order valence-corrected chi connectivity index (χ2v) is 8.96. The van der Waals surface area contributed by atoms with Crippen molar-refractivity contribution in [3.05, 3.63) is 64.5 Å². The number of rotatable bonds is 2. The Hall–Kier alpha value is -3.01. The van der Waals surface area contributed by atoms with Gasteiger partial charge in [0.2, 0.25) is 5.91 Å². The predicted molar refractivity (Wildman–Crippen MR) is 114 cm³/mol. The van der Waals surface area contributed by atoms with E-state index in [2.05, 4.69) is 34.5 Å². The molecule has 0 bridgehead atoms. The van der Waals surface area contributed by atoms with Crippen molar-refractivity contribution in [3.8, 4) is 0 Å². The molecule has 4 aliphatic heterocycles. The van der Waals surface area contributed by atoms with E-state index in [1.165, 1.54) is 16.6 Å². The minimum atomic E-state index is -0.430. The van der Waals surface area contributed by atoms with Crippen molar-refractivity contribution in [2.45, 2.75) is 50.5 Å². The van der Waals surface area contributed by atoms with Gasteiger partial charge in [0.25, 0.3) is 0 Å². The Morgan fingerprint density at radius 3 is 2.81 bits per heavy atom. The molecule has 3 N–H and O–H groups in total. The highest BCUT2D eigenvalue weighted by molar-refractivity contribution is 5.94. The van der Waals surface area contributed by atoms with Crippen LogP contribution in [0.15, 0.2) is 36.4 Å². The van der Waals surface area contributed by atoms with Crippen LogP contribution < -0.4 is 21.3 Å². The monoisotopic (exact) mass is 437 g/mol. The minimum Gasteiger partial charge on any atom is -0.447 e. The summed E-state index contributed by atoms with van der Waals surface area (Å²) in [6.45, 7) is 2.77. The second kappa shape index (κ2) is 7.26. The molecule has 2 amide bonds. The lowest BCUT2D eigenvalue weighted by Gasteiger charge is -2.37. The second-order valence-electron chi connectivity index (χ2n) is 8.96. The average Bonchev–Trinajstić information content (AvgIpc) is 3.35. The van der Waals surface area contributed by atoms with Gasteiger partial charge in [-0.1, -0.05) is 30.3 Å². The third kappa shape index (κ3) is 3.00. The molecular formula is C23H24FN5O3. The van der Waals surface area contributed by atoms with Crippen LogP contribution in [0.5, 0.6) is 0 Å². The molecule has 4 atom stereocenters. The Morgan fingerprint density at radius 1 is 1.09 bits per heavy atom. The van der Waals surface area contributed by atoms with Gasteiger partial charge in [-0.15, -0.1) is 0 Å². The summed E-state index contributed by atoms with van der Waals surface area (Å²) in [5, 5.41) is 1.36. The fourth-order valence-corrected chi connectivity index (χ4v) is 5.31. The molecule has 0 spiro atoms. The van der Waals surface area contributed by atoms with E-state index in [1.54, 1.807) is 24.0 Å². The number of cyclic esters (lactones) is 1. The number of nitrogens with zero attached hydrogens (tertiary/aromatic N) is 2. The van der Waals surface area contributed by atoms with Crippen molar-refractivity contribution in [1.82, 2.24) is 21.2 Å². The molecule has 9 heteroatoms. The van der Waals surface area contributed by atoms with Crippen LogP contribution >= 0.6 is 0 Å². The van der Waals surface area contributed by atoms with Crippen molar-refractivity contribution in [2.75, 3.05) is 11.6 Å². The van der Waals surface area contributed by atoms with Crippen molar-refractivity contribution in [3.63, 3.8) is 0 Å². The Morgan fingerprint density at radius 2 is 1.97 bits per heavy atom. The zero-order valence-electron chi connectivity index (χ0n) is 17.6. The molecule has 0 aromatic heterocycles. The van der Waals surface area contributed by atoms with Gasteiger partial charge in [-0.05, 0) is 41.7 Å². The number of para-hydroxylation sites is 1. The summed E-state index contributed by atoms with van der Waals surface area (Å²) in [5.41, 5.74) is 14.1. The van der Waals surface area contributed by atoms with Gasteiger partial charge in [-0.25, -0.2) is 25.0 Å². The minimum absolute atomic E-state index is 0.111. The molecule has 4 heterocycles. The summed E-state index contributed by atoms with van der Waals surface area (Å²) in [6, 6.07) is 10.8. The highest BCUT2D eigenvalue weighted by atomic mass is 19.1. The van der Waals surface area contributed by atoms with Crippen LogP contribution in [-0.2, 0) is 22.5 Å². The van der Waals surface area contributed by atoms with E-state index in [0.717, 1.165) is 17.5 Å². The number of hydrogen-bond acceptors (Lipinski definition) is 6. The topological polar surface area (TPSA) is 85.9 Å². The highest BCUT2D eigenvalue weighted by Gasteiger charge is 2.45. The standard InChI is InChI=1S/C23H24FN5O3/c1-12-3-2-4-17(24)22(12)29-19(30)9-18-21(27-29)20(26-25-18)14-6-5-13-8-16-11-32-23(31)28(16)10-15(13)7-14/h2-7,16,18,20-21,25-27H,8-11H2,1H3/t16-,18?,20?,21?/m0/s1. The van der Waals surface area contributed by atoms with Crippen molar-refractivity contribution < 1.29 is 18.7 Å². The van der Waals surface area contributed by atoms with Gasteiger partial charge in [0.1, 0.15) is 12.4 Å². The molecule has 3 unspecified atom stereocenters. The van der Waals surface area contributed by atoms with Crippen LogP contribution in [0, 0.1) is 12.7 Å². The number of amides is 2. The van der Waals surface area contributed by atoms with Gasteiger partial charge in [0, 0.05) is 19.0 Å². The summed E-state index contributed by atoms with van der Waals surface area (Å²) in [7, 11) is 0. The molecule has 166 valence electrons. The maximum atomic E-state index is 14.6. The number of ether oxygens (including phenoxy) is 1. The Bertz CT molecular complexity index is 1100. The lowest BCUT2D eigenvalue weighted by molar-refractivity contribution is -0.121. The van der Waals surface area contributed by atoms with Crippen molar-refractivity contribution in [2.24, 2.45) is 0 Å². The predicted octanol–water partition coefficient (Wildman–Crippen LogP) is 1.84. The number of hydrogen-bond donors (Lipinski definition) is 3. The summed E-state index contributed by atoms with van der Waals surface area (Å²) in [6.07, 6.45) is 0.785. The summed E-state index contributed by atoms with van der Waals surface area (Å²) >= 11 is 0. The fraction of sp³-hybridized carbons (Fsp3) is 0.391. The largest absolute Gasteiger partial charge is 0.447 e. The Labute approximate surface area is 184 Å². The zero-order chi connectivity index (χ0) is 22.0. The van der Waals surface area contributed by atoms with Gasteiger partial charge in [0.15, 0.2) is 0 Å². The van der Waals surface area contributed by atoms with Gasteiger partial charge in [0.05, 0.1) is 23.8 Å². The van der Waals surface area contributed by atoms with Crippen LogP contribution in [0.2, 0.25) is 0 Å². The lowest BCUT2D eigenvalue weighted by atomic mass is 9.88. The fourth-order valence-electron chi connectivity index (χ4n) is 5.31. The normalized spacial score (nSPS) is 28.9. The summed E-state index contributed by atoms with van der Waals surface area (Å²) in [4.78, 5) is 26.6. The summed E-state index contributed by atoms with van der Waals surface area (Å²) < 4.78 is 19.8. The van der Waals surface area contributed by atoms with Gasteiger partial charge in [-0.3, -0.25) is 15.1 Å². The highest BCUT2D eigenvalue weighted by Crippen LogP contribution is 2.34. The van der Waals surface area contributed by atoms with Gasteiger partial charge in [-0.2, -0.15) is 0 Å². The van der Waals surface area contributed by atoms with Crippen molar-refractivity contribution in [1.29, 1.82) is 0 Å². The van der Waals surface area contributed by atoms with E-state index >= 15 is 0 Å². The first-order valence-corrected chi connectivity index (χ1v) is 10.9. The number of benzene rings is 2. The third-order valence-corrected chi connectivity index (χ3v) is 7.01. The average molecular weight is 437 g/mol. The number of nitrogens with one attached hydrogen (secondary N) is 3. The number of hydrazine groups is 2. The number of aryl methyl sites for hydroxylation is 1. The number of halogens is 1. The quantitative estimate of drug-likeness (QED) is 0.665. The molecule has 2 aromatic rings. The van der Waals surface area contributed by atoms with E-state index in [1.807, 2.05) is 0 Å². The zero-order valence-corrected chi connectivity index (χ0v) is 17.6. The SMILES string of the molecule is Cc1cccc(F)c1N1NC2C(CC1=O)NNC2c1ccc2c(c1)CN1C(=O)OC[C@@H]1C2. The molecule has 8 nitrogen and oxygen atoms in total. The molecule has 3 fully saturated rings. The molecule has 0 aliphatic carbocycles. The number of anilines is 1. The maximum Gasteiger partial charge on any atom is 0.410 e. The molecule has 32 heavy (non-hydrogen) atoms. The summed E-state index contributed by atoms with van der Waals surface area (Å²) in [5.74, 6) is -0.612. The maximum absolute atomic E-state index is 14.6. The van der Waals surface area contributed by atoms with E-state index in [-0.39, 0.29) is 48.3 Å². The van der Waals surface area contributed by atoms with E-state index in [9.17, 15) is 14.0 Å². The van der Waals surface area contributed by atoms with Gasteiger partial charge >= 0.3 is 6.09 Å². The number of carbonyl (C=O) groups is 2. The van der Waals surface area contributed by atoms with E-state index < -0.39 is 5.82 Å². The first-order chi connectivity index (χ1) is 15.5. The van der Waals surface area contributed by atoms with Crippen LogP contribution in [0.1, 0.15) is 34.7 Å². The number of fused-ring (bicyclic) bond motifs is 3. The molecule has 4 aliphatic rings. The molecule has 6 rings (SSSR count). The van der Waals surface area contributed by atoms with E-state index in [0.29, 0.717) is 18.7 Å². The van der Waals surface area contributed by atoms with Crippen LogP contribution in [-0.4, -0.2) is 41.6 Å². The van der Waals surface area contributed by atoms with Crippen LogP contribution in [0.4, 0.5) is 14.9 Å². The molecule has 3 saturated heterocycles. The molecule has 0 radical (unpaired) electrons. The first kappa shape index (κ1) is 19.7. The third-order valence-electron chi connectivity index (χ3n) is 7.01. The lowest BCUT2D eigenvalue weighted by Crippen LogP contribution is -2.60. The Kier molecular flexibility index (Phi) is 4.46. The molecule has 2 aromatic carbocycles.